The van der Waals surface area contributed by atoms with Crippen LogP contribution in [0.3, 0.4) is 0 Å². The number of nitrogens with zero attached hydrogens (tertiary/aromatic N) is 5. The molecule has 0 bridgehead atoms. The Morgan fingerprint density at radius 3 is 1.96 bits per heavy atom. The number of piperidine rings is 2. The van der Waals surface area contributed by atoms with Crippen LogP contribution in [0.5, 0.6) is 5.75 Å². The van der Waals surface area contributed by atoms with Crippen molar-refractivity contribution < 1.29 is 36.2 Å². The molecule has 0 aliphatic carbocycles. The molecule has 2 unspecified atom stereocenters. The molecule has 6 rings (SSSR count). The number of aryl methyl sites for hydroxylation is 1. The third-order valence-corrected chi connectivity index (χ3v) is 10.5. The molecule has 0 spiro atoms. The Hall–Kier alpha value is -3.68. The SMILES string of the molecule is Cc1ccc(O)c(CN2CCC(N3CCN(C4CCN(C(=O)c5cc(C(F)(F)F)cc(C(F)(F)F)c5)C(Cc5ccccc5)C4)CC3)CC2)n1. The standard InChI is InChI=1S/C37H43F6N5O2/c1-25-7-8-34(49)33(44-25)24-45-12-9-30(10-13-45)46-15-17-47(18-16-46)31-11-14-48(32(23-31)19-26-5-3-2-4-6-26)35(50)27-20-28(36(38,39)40)22-29(21-27)37(41,42)43/h2-8,20-22,30-32,49H,9-19,23-24H2,1H3. The van der Waals surface area contributed by atoms with Gasteiger partial charge in [-0.1, -0.05) is 30.3 Å². The molecule has 3 fully saturated rings. The number of alkyl halides is 6. The van der Waals surface area contributed by atoms with Crippen molar-refractivity contribution in [1.82, 2.24) is 24.6 Å². The van der Waals surface area contributed by atoms with E-state index in [0.717, 1.165) is 63.4 Å². The normalized spacial score (nSPS) is 22.2. The molecule has 1 amide bonds. The van der Waals surface area contributed by atoms with Crippen molar-refractivity contribution in [3.8, 4) is 5.75 Å². The number of rotatable bonds is 7. The van der Waals surface area contributed by atoms with E-state index in [2.05, 4.69) is 19.7 Å². The van der Waals surface area contributed by atoms with Crippen molar-refractivity contribution in [2.24, 2.45) is 0 Å². The molecule has 270 valence electrons. The first kappa shape index (κ1) is 36.1. The molecule has 13 heteroatoms. The van der Waals surface area contributed by atoms with Gasteiger partial charge in [0.1, 0.15) is 5.75 Å². The van der Waals surface area contributed by atoms with Gasteiger partial charge in [0.25, 0.3) is 5.91 Å². The largest absolute Gasteiger partial charge is 0.506 e. The topological polar surface area (TPSA) is 63.2 Å². The van der Waals surface area contributed by atoms with Crippen LogP contribution in [0.4, 0.5) is 26.3 Å². The van der Waals surface area contributed by atoms with E-state index in [9.17, 15) is 36.2 Å². The smallest absolute Gasteiger partial charge is 0.416 e. The number of aromatic hydroxyl groups is 1. The van der Waals surface area contributed by atoms with Gasteiger partial charge in [0.05, 0.1) is 16.8 Å². The molecule has 4 heterocycles. The molecule has 7 nitrogen and oxygen atoms in total. The molecule has 0 radical (unpaired) electrons. The van der Waals surface area contributed by atoms with Crippen molar-refractivity contribution in [2.45, 2.75) is 76.1 Å². The van der Waals surface area contributed by atoms with E-state index in [1.54, 1.807) is 12.1 Å². The fourth-order valence-electron chi connectivity index (χ4n) is 7.79. The molecule has 2 aromatic carbocycles. The van der Waals surface area contributed by atoms with Crippen LogP contribution in [-0.4, -0.2) is 99.5 Å². The number of amides is 1. The van der Waals surface area contributed by atoms with E-state index in [0.29, 0.717) is 49.7 Å². The Balaban J connectivity index is 1.09. The molecule has 0 saturated carbocycles. The Bertz CT molecular complexity index is 1590. The van der Waals surface area contributed by atoms with Crippen molar-refractivity contribution in [3.63, 3.8) is 0 Å². The first-order chi connectivity index (χ1) is 23.7. The van der Waals surface area contributed by atoms with Gasteiger partial charge in [-0.15, -0.1) is 0 Å². The van der Waals surface area contributed by atoms with Gasteiger partial charge in [-0.25, -0.2) is 0 Å². The summed E-state index contributed by atoms with van der Waals surface area (Å²) in [6.45, 7) is 8.11. The zero-order valence-corrected chi connectivity index (χ0v) is 28.1. The Morgan fingerprint density at radius 1 is 0.780 bits per heavy atom. The molecule has 50 heavy (non-hydrogen) atoms. The average Bonchev–Trinajstić information content (AvgIpc) is 3.09. The minimum atomic E-state index is -5.03. The fourth-order valence-corrected chi connectivity index (χ4v) is 7.79. The molecule has 2 atom stereocenters. The lowest BCUT2D eigenvalue weighted by atomic mass is 9.90. The summed E-state index contributed by atoms with van der Waals surface area (Å²) in [5.74, 6) is -0.591. The summed E-state index contributed by atoms with van der Waals surface area (Å²) >= 11 is 0. The zero-order chi connectivity index (χ0) is 35.6. The second-order valence-electron chi connectivity index (χ2n) is 13.8. The van der Waals surface area contributed by atoms with E-state index < -0.39 is 41.0 Å². The molecular weight excluding hydrogens is 660 g/mol. The summed E-state index contributed by atoms with van der Waals surface area (Å²) in [4.78, 5) is 27.1. The number of hydrogen-bond acceptors (Lipinski definition) is 6. The van der Waals surface area contributed by atoms with Gasteiger partial charge >= 0.3 is 12.4 Å². The second-order valence-corrected chi connectivity index (χ2v) is 13.8. The van der Waals surface area contributed by atoms with Crippen LogP contribution in [0.25, 0.3) is 0 Å². The molecule has 3 aliphatic heterocycles. The predicted molar refractivity (Wildman–Crippen MR) is 177 cm³/mol. The number of carbonyl (C=O) groups is 1. The summed E-state index contributed by atoms with van der Waals surface area (Å²) < 4.78 is 81.7. The highest BCUT2D eigenvalue weighted by Crippen LogP contribution is 2.37. The van der Waals surface area contributed by atoms with Gasteiger partial charge < -0.3 is 10.0 Å². The summed E-state index contributed by atoms with van der Waals surface area (Å²) in [6.07, 6.45) is -6.41. The predicted octanol–water partition coefficient (Wildman–Crippen LogP) is 6.63. The number of pyridine rings is 1. The number of piperazine rings is 1. The minimum Gasteiger partial charge on any atom is -0.506 e. The minimum absolute atomic E-state index is 0.0577. The van der Waals surface area contributed by atoms with Gasteiger partial charge in [-0.2, -0.15) is 26.3 Å². The lowest BCUT2D eigenvalue weighted by Crippen LogP contribution is -2.58. The maximum absolute atomic E-state index is 13.8. The van der Waals surface area contributed by atoms with Crippen LogP contribution in [-0.2, 0) is 25.3 Å². The maximum Gasteiger partial charge on any atom is 0.416 e. The van der Waals surface area contributed by atoms with Gasteiger partial charge in [0, 0.05) is 81.7 Å². The van der Waals surface area contributed by atoms with Crippen LogP contribution >= 0.6 is 0 Å². The summed E-state index contributed by atoms with van der Waals surface area (Å²) in [5, 5.41) is 10.2. The molecular formula is C37H43F6N5O2. The summed E-state index contributed by atoms with van der Waals surface area (Å²) in [7, 11) is 0. The Kier molecular flexibility index (Phi) is 10.8. The number of halogens is 6. The first-order valence-corrected chi connectivity index (χ1v) is 17.2. The Morgan fingerprint density at radius 2 is 1.36 bits per heavy atom. The quantitative estimate of drug-likeness (QED) is 0.279. The molecule has 1 aromatic heterocycles. The molecule has 1 N–H and O–H groups in total. The van der Waals surface area contributed by atoms with Gasteiger partial charge in [-0.05, 0) is 74.9 Å². The van der Waals surface area contributed by atoms with E-state index >= 15 is 0 Å². The summed E-state index contributed by atoms with van der Waals surface area (Å²) in [5.41, 5.74) is -1.05. The van der Waals surface area contributed by atoms with Gasteiger partial charge in [0.15, 0.2) is 0 Å². The molecule has 3 aromatic rings. The maximum atomic E-state index is 13.8. The highest BCUT2D eigenvalue weighted by atomic mass is 19.4. The second kappa shape index (κ2) is 14.9. The van der Waals surface area contributed by atoms with E-state index in [4.69, 9.17) is 0 Å². The monoisotopic (exact) mass is 703 g/mol. The van der Waals surface area contributed by atoms with E-state index in [-0.39, 0.29) is 24.4 Å². The number of carbonyl (C=O) groups excluding carboxylic acids is 1. The number of likely N-dealkylation sites (tertiary alicyclic amines) is 2. The zero-order valence-electron chi connectivity index (χ0n) is 28.1. The van der Waals surface area contributed by atoms with Crippen LogP contribution in [0, 0.1) is 6.92 Å². The Labute approximate surface area is 288 Å². The lowest BCUT2D eigenvalue weighted by molar-refractivity contribution is -0.143. The number of hydrogen-bond donors (Lipinski definition) is 1. The third-order valence-electron chi connectivity index (χ3n) is 10.5. The fraction of sp³-hybridized carbons (Fsp3) is 0.514. The van der Waals surface area contributed by atoms with Crippen LogP contribution < -0.4 is 0 Å². The average molecular weight is 704 g/mol. The van der Waals surface area contributed by atoms with Crippen molar-refractivity contribution in [1.29, 1.82) is 0 Å². The van der Waals surface area contributed by atoms with Crippen LogP contribution in [0.1, 0.15) is 64.1 Å². The van der Waals surface area contributed by atoms with E-state index in [1.165, 1.54) is 4.90 Å². The van der Waals surface area contributed by atoms with Crippen LogP contribution in [0.15, 0.2) is 60.7 Å². The molecule has 3 saturated heterocycles. The van der Waals surface area contributed by atoms with E-state index in [1.807, 2.05) is 37.3 Å². The highest BCUT2D eigenvalue weighted by Gasteiger charge is 2.40. The number of benzene rings is 2. The van der Waals surface area contributed by atoms with Crippen molar-refractivity contribution in [2.75, 3.05) is 45.8 Å². The van der Waals surface area contributed by atoms with Gasteiger partial charge in [0.2, 0.25) is 0 Å². The first-order valence-electron chi connectivity index (χ1n) is 17.2. The molecule has 3 aliphatic rings. The van der Waals surface area contributed by atoms with Crippen molar-refractivity contribution >= 4 is 5.91 Å². The number of aromatic nitrogens is 1. The van der Waals surface area contributed by atoms with Crippen LogP contribution in [0.2, 0.25) is 0 Å². The van der Waals surface area contributed by atoms with Gasteiger partial charge in [-0.3, -0.25) is 24.5 Å². The lowest BCUT2D eigenvalue weighted by Gasteiger charge is -2.48. The third kappa shape index (κ3) is 8.60. The summed E-state index contributed by atoms with van der Waals surface area (Å²) in [6, 6.07) is 14.3. The highest BCUT2D eigenvalue weighted by molar-refractivity contribution is 5.95. The van der Waals surface area contributed by atoms with Crippen molar-refractivity contribution in [3.05, 3.63) is 94.3 Å².